The Kier molecular flexibility index (Phi) is 5.08. The van der Waals surface area contributed by atoms with Gasteiger partial charge in [-0.15, -0.1) is 0 Å². The van der Waals surface area contributed by atoms with Gasteiger partial charge in [-0.1, -0.05) is 0 Å². The quantitative estimate of drug-likeness (QED) is 0.726. The van der Waals surface area contributed by atoms with Crippen molar-refractivity contribution in [2.75, 3.05) is 6.54 Å². The van der Waals surface area contributed by atoms with Crippen LogP contribution in [-0.2, 0) is 9.53 Å². The number of aromatic amines is 1. The third-order valence-corrected chi connectivity index (χ3v) is 3.81. The Morgan fingerprint density at radius 3 is 2.57 bits per heavy atom. The highest BCUT2D eigenvalue weighted by Gasteiger charge is 2.26. The molecule has 7 heteroatoms. The Labute approximate surface area is 135 Å². The van der Waals surface area contributed by atoms with Crippen LogP contribution in [0.1, 0.15) is 58.8 Å². The number of hydrogen-bond acceptors (Lipinski definition) is 4. The average molecular weight is 321 g/mol. The van der Waals surface area contributed by atoms with E-state index in [1.54, 1.807) is 27.7 Å². The van der Waals surface area contributed by atoms with E-state index in [1.807, 2.05) is 0 Å². The first-order chi connectivity index (χ1) is 10.8. The summed E-state index contributed by atoms with van der Waals surface area (Å²) in [6.07, 6.45) is 0.789. The normalized spacial score (nSPS) is 17.8. The van der Waals surface area contributed by atoms with Gasteiger partial charge in [-0.05, 0) is 39.7 Å². The van der Waals surface area contributed by atoms with Crippen LogP contribution < -0.4 is 10.6 Å². The molecule has 0 aliphatic carbocycles. The first-order valence-electron chi connectivity index (χ1n) is 7.77. The summed E-state index contributed by atoms with van der Waals surface area (Å²) in [4.78, 5) is 38.7. The number of carbonyl (C=O) groups excluding carboxylic acids is 3. The Balaban J connectivity index is 2.12. The second-order valence-corrected chi connectivity index (χ2v) is 6.09. The van der Waals surface area contributed by atoms with Crippen LogP contribution in [0.25, 0.3) is 0 Å². The van der Waals surface area contributed by atoms with Crippen LogP contribution in [-0.4, -0.2) is 41.5 Å². The number of carbonyl (C=O) groups is 3. The highest BCUT2D eigenvalue weighted by Crippen LogP contribution is 2.20. The van der Waals surface area contributed by atoms with E-state index in [1.165, 1.54) is 0 Å². The molecule has 126 valence electrons. The zero-order chi connectivity index (χ0) is 17.1. The standard InChI is InChI=1S/C16H23N3O4/c1-8(2)23-16(22)13-9(3)14(18-10(13)4)15(21)19-11-5-6-12(20)17-7-11/h8,11,18H,5-7H2,1-4H3,(H,17,20)(H,19,21). The molecule has 2 heterocycles. The summed E-state index contributed by atoms with van der Waals surface area (Å²) in [6.45, 7) is 7.44. The fourth-order valence-corrected chi connectivity index (χ4v) is 2.67. The first kappa shape index (κ1) is 17.1. The summed E-state index contributed by atoms with van der Waals surface area (Å²) in [5.74, 6) is -0.716. The summed E-state index contributed by atoms with van der Waals surface area (Å²) in [7, 11) is 0. The van der Waals surface area contributed by atoms with Crippen molar-refractivity contribution in [3.8, 4) is 0 Å². The zero-order valence-corrected chi connectivity index (χ0v) is 13.9. The Morgan fingerprint density at radius 1 is 1.30 bits per heavy atom. The maximum atomic E-state index is 12.4. The molecule has 7 nitrogen and oxygen atoms in total. The fraction of sp³-hybridized carbons (Fsp3) is 0.562. The Hall–Kier alpha value is -2.31. The van der Waals surface area contributed by atoms with Crippen molar-refractivity contribution in [2.45, 2.75) is 52.7 Å². The van der Waals surface area contributed by atoms with E-state index in [2.05, 4.69) is 15.6 Å². The van der Waals surface area contributed by atoms with Gasteiger partial charge in [0.2, 0.25) is 5.91 Å². The van der Waals surface area contributed by atoms with Crippen molar-refractivity contribution in [1.29, 1.82) is 0 Å². The van der Waals surface area contributed by atoms with Gasteiger partial charge in [-0.3, -0.25) is 9.59 Å². The van der Waals surface area contributed by atoms with Gasteiger partial charge < -0.3 is 20.4 Å². The number of piperidine rings is 1. The van der Waals surface area contributed by atoms with Gasteiger partial charge in [0.25, 0.3) is 5.91 Å². The van der Waals surface area contributed by atoms with Crippen molar-refractivity contribution in [3.63, 3.8) is 0 Å². The van der Waals surface area contributed by atoms with E-state index in [0.717, 1.165) is 0 Å². The number of esters is 1. The molecule has 1 aliphatic heterocycles. The molecule has 1 atom stereocenters. The third kappa shape index (κ3) is 3.91. The first-order valence-corrected chi connectivity index (χ1v) is 7.77. The minimum atomic E-state index is -0.435. The minimum Gasteiger partial charge on any atom is -0.459 e. The molecule has 1 saturated heterocycles. The molecule has 3 N–H and O–H groups in total. The monoisotopic (exact) mass is 321 g/mol. The van der Waals surface area contributed by atoms with Crippen LogP contribution in [0.3, 0.4) is 0 Å². The lowest BCUT2D eigenvalue weighted by Gasteiger charge is -2.23. The Morgan fingerprint density at radius 2 is 2.00 bits per heavy atom. The SMILES string of the molecule is Cc1[nH]c(C(=O)NC2CCC(=O)NC2)c(C)c1C(=O)OC(C)C. The lowest BCUT2D eigenvalue weighted by Crippen LogP contribution is -2.47. The molecule has 0 aromatic carbocycles. The van der Waals surface area contributed by atoms with Gasteiger partial charge in [0.1, 0.15) is 5.69 Å². The van der Waals surface area contributed by atoms with Crippen LogP contribution in [0.15, 0.2) is 0 Å². The molecule has 0 radical (unpaired) electrons. The maximum Gasteiger partial charge on any atom is 0.340 e. The number of amides is 2. The molecule has 0 spiro atoms. The summed E-state index contributed by atoms with van der Waals surface area (Å²) < 4.78 is 5.21. The molecule has 2 amide bonds. The predicted molar refractivity (Wildman–Crippen MR) is 84.3 cm³/mol. The molecule has 1 unspecified atom stereocenters. The fourth-order valence-electron chi connectivity index (χ4n) is 2.67. The smallest absolute Gasteiger partial charge is 0.340 e. The largest absolute Gasteiger partial charge is 0.459 e. The maximum absolute atomic E-state index is 12.4. The van der Waals surface area contributed by atoms with E-state index in [0.29, 0.717) is 41.9 Å². The zero-order valence-electron chi connectivity index (χ0n) is 13.9. The molecule has 1 fully saturated rings. The summed E-state index contributed by atoms with van der Waals surface area (Å²) in [5, 5.41) is 5.60. The number of hydrogen-bond donors (Lipinski definition) is 3. The van der Waals surface area contributed by atoms with Gasteiger partial charge in [-0.25, -0.2) is 4.79 Å². The highest BCUT2D eigenvalue weighted by molar-refractivity contribution is 6.00. The van der Waals surface area contributed by atoms with Crippen LogP contribution in [0, 0.1) is 13.8 Å². The van der Waals surface area contributed by atoms with Gasteiger partial charge in [0.15, 0.2) is 0 Å². The van der Waals surface area contributed by atoms with Crippen molar-refractivity contribution in [3.05, 3.63) is 22.5 Å². The van der Waals surface area contributed by atoms with E-state index in [4.69, 9.17) is 4.74 Å². The third-order valence-electron chi connectivity index (χ3n) is 3.81. The summed E-state index contributed by atoms with van der Waals surface area (Å²) >= 11 is 0. The number of aryl methyl sites for hydroxylation is 1. The lowest BCUT2D eigenvalue weighted by atomic mass is 10.1. The molecule has 23 heavy (non-hydrogen) atoms. The van der Waals surface area contributed by atoms with Gasteiger partial charge in [0.05, 0.1) is 11.7 Å². The number of ether oxygens (including phenoxy) is 1. The predicted octanol–water partition coefficient (Wildman–Crippen LogP) is 1.21. The second kappa shape index (κ2) is 6.85. The van der Waals surface area contributed by atoms with Crippen LogP contribution in [0.4, 0.5) is 0 Å². The van der Waals surface area contributed by atoms with E-state index in [-0.39, 0.29) is 24.0 Å². The van der Waals surface area contributed by atoms with Crippen LogP contribution in [0.5, 0.6) is 0 Å². The van der Waals surface area contributed by atoms with Gasteiger partial charge in [-0.2, -0.15) is 0 Å². The van der Waals surface area contributed by atoms with Crippen molar-refractivity contribution < 1.29 is 19.1 Å². The summed E-state index contributed by atoms with van der Waals surface area (Å²) in [6, 6.07) is -0.103. The van der Waals surface area contributed by atoms with Crippen molar-refractivity contribution in [1.82, 2.24) is 15.6 Å². The molecular formula is C16H23N3O4. The van der Waals surface area contributed by atoms with E-state index in [9.17, 15) is 14.4 Å². The van der Waals surface area contributed by atoms with E-state index >= 15 is 0 Å². The number of nitrogens with one attached hydrogen (secondary N) is 3. The number of rotatable bonds is 4. The van der Waals surface area contributed by atoms with Crippen molar-refractivity contribution >= 4 is 17.8 Å². The lowest BCUT2D eigenvalue weighted by molar-refractivity contribution is -0.122. The number of aromatic nitrogens is 1. The van der Waals surface area contributed by atoms with Crippen LogP contribution in [0.2, 0.25) is 0 Å². The second-order valence-electron chi connectivity index (χ2n) is 6.09. The Bertz CT molecular complexity index is 624. The molecule has 0 saturated carbocycles. The van der Waals surface area contributed by atoms with Gasteiger partial charge >= 0.3 is 5.97 Å². The molecule has 1 aromatic rings. The molecule has 1 aromatic heterocycles. The summed E-state index contributed by atoms with van der Waals surface area (Å²) in [5.41, 5.74) is 1.94. The highest BCUT2D eigenvalue weighted by atomic mass is 16.5. The molecule has 0 bridgehead atoms. The van der Waals surface area contributed by atoms with Gasteiger partial charge in [0, 0.05) is 24.7 Å². The van der Waals surface area contributed by atoms with E-state index < -0.39 is 5.97 Å². The molecule has 1 aliphatic rings. The van der Waals surface area contributed by atoms with Crippen molar-refractivity contribution in [2.24, 2.45) is 0 Å². The number of H-pyrrole nitrogens is 1. The van der Waals surface area contributed by atoms with Crippen LogP contribution >= 0.6 is 0 Å². The minimum absolute atomic E-state index is 0.00103. The topological polar surface area (TPSA) is 100 Å². The molecule has 2 rings (SSSR count). The average Bonchev–Trinajstić information content (AvgIpc) is 2.76. The molecular weight excluding hydrogens is 298 g/mol.